The minimum atomic E-state index is -1.06. The minimum absolute atomic E-state index is 0.0310. The molecule has 2 aliphatic carbocycles. The summed E-state index contributed by atoms with van der Waals surface area (Å²) in [5, 5.41) is 13.1. The van der Waals surface area contributed by atoms with Crippen molar-refractivity contribution in [1.29, 1.82) is 0 Å². The molecule has 2 N–H and O–H groups in total. The highest BCUT2D eigenvalue weighted by atomic mass is 16.6. The summed E-state index contributed by atoms with van der Waals surface area (Å²) in [7, 11) is 1.21. The number of methoxy groups -OCH3 is 1. The van der Waals surface area contributed by atoms with E-state index in [0.717, 1.165) is 12.8 Å². The third-order valence-electron chi connectivity index (χ3n) is 4.84. The van der Waals surface area contributed by atoms with Crippen LogP contribution in [0.1, 0.15) is 46.5 Å². The van der Waals surface area contributed by atoms with Crippen LogP contribution in [-0.4, -0.2) is 53.6 Å². The predicted octanol–water partition coefficient (Wildman–Crippen LogP) is 0.352. The van der Waals surface area contributed by atoms with Crippen molar-refractivity contribution in [3.63, 3.8) is 0 Å². The van der Waals surface area contributed by atoms with Gasteiger partial charge in [0.1, 0.15) is 11.4 Å². The zero-order chi connectivity index (χ0) is 19.6. The van der Waals surface area contributed by atoms with Crippen LogP contribution in [0.25, 0.3) is 0 Å². The first-order valence-corrected chi connectivity index (χ1v) is 8.89. The Morgan fingerprint density at radius 2 is 1.88 bits per heavy atom. The van der Waals surface area contributed by atoms with Crippen LogP contribution in [0.3, 0.4) is 0 Å². The Morgan fingerprint density at radius 1 is 1.23 bits per heavy atom. The molecule has 26 heavy (non-hydrogen) atoms. The highest BCUT2D eigenvalue weighted by Crippen LogP contribution is 2.46. The van der Waals surface area contributed by atoms with Gasteiger partial charge in [-0.05, 0) is 33.6 Å². The number of amides is 1. The maximum atomic E-state index is 12.1. The average molecular weight is 369 g/mol. The minimum Gasteiger partial charge on any atom is -0.469 e. The Labute approximate surface area is 152 Å². The van der Waals surface area contributed by atoms with Gasteiger partial charge in [-0.2, -0.15) is 0 Å². The van der Waals surface area contributed by atoms with E-state index in [-0.39, 0.29) is 5.78 Å². The Bertz CT molecular complexity index is 595. The number of aliphatic hydroxyl groups excluding tert-OH is 1. The van der Waals surface area contributed by atoms with E-state index in [1.54, 1.807) is 20.8 Å². The molecule has 0 bridgehead atoms. The van der Waals surface area contributed by atoms with Crippen molar-refractivity contribution >= 4 is 23.6 Å². The second kappa shape index (κ2) is 7.73. The number of carbonyl (C=O) groups is 4. The molecule has 2 rings (SSSR count). The molecule has 146 valence electrons. The van der Waals surface area contributed by atoms with Gasteiger partial charge in [0.25, 0.3) is 0 Å². The number of hydrogen-bond acceptors (Lipinski definition) is 7. The van der Waals surface area contributed by atoms with Crippen LogP contribution in [-0.2, 0) is 28.7 Å². The number of aliphatic hydroxyl groups is 1. The SMILES string of the molecule is COC(=O)[C@@H]1[C@@H](NC(=O)C(=O)OC(C)(C)C)[C@H]1[C@@H](O)C1CCCCC1=O. The molecule has 8 nitrogen and oxygen atoms in total. The summed E-state index contributed by atoms with van der Waals surface area (Å²) in [5.74, 6) is -4.65. The fourth-order valence-corrected chi connectivity index (χ4v) is 3.56. The van der Waals surface area contributed by atoms with Crippen molar-refractivity contribution in [2.45, 2.75) is 64.2 Å². The van der Waals surface area contributed by atoms with Gasteiger partial charge >= 0.3 is 17.8 Å². The molecular formula is C18H27NO7. The van der Waals surface area contributed by atoms with Crippen molar-refractivity contribution in [3.8, 4) is 0 Å². The molecule has 2 saturated carbocycles. The molecule has 0 aromatic heterocycles. The van der Waals surface area contributed by atoms with Gasteiger partial charge in [-0.1, -0.05) is 6.42 Å². The Morgan fingerprint density at radius 3 is 2.42 bits per heavy atom. The van der Waals surface area contributed by atoms with E-state index in [4.69, 9.17) is 9.47 Å². The number of carbonyl (C=O) groups excluding carboxylic acids is 4. The van der Waals surface area contributed by atoms with E-state index in [1.807, 2.05) is 0 Å². The molecular weight excluding hydrogens is 342 g/mol. The number of ether oxygens (including phenoxy) is 2. The molecule has 0 aromatic rings. The Kier molecular flexibility index (Phi) is 6.05. The van der Waals surface area contributed by atoms with Crippen LogP contribution >= 0.6 is 0 Å². The molecule has 5 atom stereocenters. The van der Waals surface area contributed by atoms with Gasteiger partial charge in [0.05, 0.1) is 19.1 Å². The van der Waals surface area contributed by atoms with Crippen LogP contribution in [0.5, 0.6) is 0 Å². The van der Waals surface area contributed by atoms with Crippen molar-refractivity contribution in [3.05, 3.63) is 0 Å². The summed E-state index contributed by atoms with van der Waals surface area (Å²) in [5.41, 5.74) is -0.826. The monoisotopic (exact) mass is 369 g/mol. The van der Waals surface area contributed by atoms with E-state index >= 15 is 0 Å². The first-order chi connectivity index (χ1) is 12.1. The van der Waals surface area contributed by atoms with Crippen molar-refractivity contribution < 1.29 is 33.8 Å². The molecule has 2 fully saturated rings. The van der Waals surface area contributed by atoms with Crippen LogP contribution in [0, 0.1) is 17.8 Å². The van der Waals surface area contributed by atoms with Crippen molar-refractivity contribution in [1.82, 2.24) is 5.32 Å². The molecule has 0 radical (unpaired) electrons. The smallest absolute Gasteiger partial charge is 0.397 e. The summed E-state index contributed by atoms with van der Waals surface area (Å²) in [4.78, 5) is 47.9. The van der Waals surface area contributed by atoms with E-state index in [9.17, 15) is 24.3 Å². The second-order valence-corrected chi connectivity index (χ2v) is 7.94. The summed E-state index contributed by atoms with van der Waals surface area (Å²) < 4.78 is 9.71. The molecule has 1 unspecified atom stereocenters. The maximum Gasteiger partial charge on any atom is 0.397 e. The zero-order valence-corrected chi connectivity index (χ0v) is 15.6. The van der Waals surface area contributed by atoms with Gasteiger partial charge in [-0.15, -0.1) is 0 Å². The van der Waals surface area contributed by atoms with Crippen LogP contribution in [0.4, 0.5) is 0 Å². The van der Waals surface area contributed by atoms with E-state index in [0.29, 0.717) is 12.8 Å². The van der Waals surface area contributed by atoms with Crippen LogP contribution in [0.2, 0.25) is 0 Å². The molecule has 0 spiro atoms. The normalized spacial score (nSPS) is 29.5. The van der Waals surface area contributed by atoms with Crippen molar-refractivity contribution in [2.75, 3.05) is 7.11 Å². The highest BCUT2D eigenvalue weighted by molar-refractivity contribution is 6.32. The number of nitrogens with one attached hydrogen (secondary N) is 1. The standard InChI is InChI=1S/C18H27NO7/c1-18(2,3)26-17(24)15(22)19-13-11(12(13)16(23)25-4)14(21)9-7-5-6-8-10(9)20/h9,11-14,21H,5-8H2,1-4H3,(H,19,22)/t9?,11-,12-,13-,14-/m0/s1. The highest BCUT2D eigenvalue weighted by Gasteiger charge is 2.62. The lowest BCUT2D eigenvalue weighted by atomic mass is 9.82. The van der Waals surface area contributed by atoms with E-state index in [2.05, 4.69) is 5.32 Å². The lowest BCUT2D eigenvalue weighted by molar-refractivity contribution is -0.163. The van der Waals surface area contributed by atoms with Crippen molar-refractivity contribution in [2.24, 2.45) is 17.8 Å². The van der Waals surface area contributed by atoms with E-state index < -0.39 is 53.3 Å². The molecule has 2 aliphatic rings. The third-order valence-corrected chi connectivity index (χ3v) is 4.84. The van der Waals surface area contributed by atoms with Gasteiger partial charge in [-0.25, -0.2) is 4.79 Å². The van der Waals surface area contributed by atoms with Crippen LogP contribution in [0.15, 0.2) is 0 Å². The maximum absolute atomic E-state index is 12.1. The summed E-state index contributed by atoms with van der Waals surface area (Å²) in [6.45, 7) is 4.90. The zero-order valence-electron chi connectivity index (χ0n) is 15.6. The molecule has 0 aromatic carbocycles. The summed E-state index contributed by atoms with van der Waals surface area (Å²) in [6, 6.07) is -0.757. The van der Waals surface area contributed by atoms with Gasteiger partial charge in [0.2, 0.25) is 0 Å². The number of Topliss-reactive ketones (excluding diaryl/α,β-unsaturated/α-hetero) is 1. The Hall–Kier alpha value is -1.96. The predicted molar refractivity (Wildman–Crippen MR) is 89.7 cm³/mol. The first-order valence-electron chi connectivity index (χ1n) is 8.89. The fraction of sp³-hybridized carbons (Fsp3) is 0.778. The molecule has 8 heteroatoms. The average Bonchev–Trinajstić information content (AvgIpc) is 3.26. The molecule has 0 aliphatic heterocycles. The topological polar surface area (TPSA) is 119 Å². The number of rotatable bonds is 4. The van der Waals surface area contributed by atoms with Gasteiger partial charge in [0, 0.05) is 24.3 Å². The van der Waals surface area contributed by atoms with Gasteiger partial charge in [0.15, 0.2) is 0 Å². The largest absolute Gasteiger partial charge is 0.469 e. The first kappa shape index (κ1) is 20.4. The second-order valence-electron chi connectivity index (χ2n) is 7.94. The lowest BCUT2D eigenvalue weighted by Crippen LogP contribution is -2.40. The summed E-state index contributed by atoms with van der Waals surface area (Å²) >= 11 is 0. The lowest BCUT2D eigenvalue weighted by Gasteiger charge is -2.25. The van der Waals surface area contributed by atoms with E-state index in [1.165, 1.54) is 7.11 Å². The summed E-state index contributed by atoms with van der Waals surface area (Å²) in [6.07, 6.45) is 1.53. The Balaban J connectivity index is 2.05. The molecule has 0 heterocycles. The van der Waals surface area contributed by atoms with Crippen LogP contribution < -0.4 is 5.32 Å². The quantitative estimate of drug-likeness (QED) is 0.542. The number of hydrogen-bond donors (Lipinski definition) is 2. The van der Waals surface area contributed by atoms with Gasteiger partial charge < -0.3 is 19.9 Å². The third kappa shape index (κ3) is 4.60. The molecule has 0 saturated heterocycles. The number of ketones is 1. The fourth-order valence-electron chi connectivity index (χ4n) is 3.56. The number of esters is 2. The molecule has 1 amide bonds. The van der Waals surface area contributed by atoms with Gasteiger partial charge in [-0.3, -0.25) is 14.4 Å².